The summed E-state index contributed by atoms with van der Waals surface area (Å²) in [7, 11) is 0. The summed E-state index contributed by atoms with van der Waals surface area (Å²) in [4.78, 5) is 0. The molecule has 6 aromatic carbocycles. The fraction of sp³-hybridized carbons (Fsp3) is 0.424. The van der Waals surface area contributed by atoms with Crippen LogP contribution in [-0.2, 0) is 101 Å². The Bertz CT molecular complexity index is 2810. The van der Waals surface area contributed by atoms with Crippen LogP contribution in [0.15, 0.2) is 194 Å². The first-order chi connectivity index (χ1) is 40.7. The number of hydrogen-bond acceptors (Lipinski definition) is 17. The third-order valence-corrected chi connectivity index (χ3v) is 15.3. The highest BCUT2D eigenvalue weighted by atomic mass is 16.8. The lowest BCUT2D eigenvalue weighted by molar-refractivity contribution is -0.385. The number of aliphatic hydroxyl groups is 4. The molecule has 18 atom stereocenters. The van der Waals surface area contributed by atoms with Crippen LogP contribution < -0.4 is 0 Å². The van der Waals surface area contributed by atoms with E-state index >= 15 is 0 Å². The van der Waals surface area contributed by atoms with Gasteiger partial charge in [-0.1, -0.05) is 182 Å². The molecule has 17 heteroatoms. The maximum atomic E-state index is 12.2. The van der Waals surface area contributed by atoms with E-state index in [1.165, 1.54) is 6.26 Å². The number of ether oxygens (including phenoxy) is 13. The molecule has 4 N–H and O–H groups in total. The Morgan fingerprint density at radius 3 is 1.01 bits per heavy atom. The molecule has 4 aliphatic heterocycles. The molecule has 442 valence electrons. The van der Waals surface area contributed by atoms with Gasteiger partial charge in [0.2, 0.25) is 0 Å². The van der Waals surface area contributed by atoms with E-state index in [0.29, 0.717) is 0 Å². The molecule has 0 amide bonds. The molecule has 0 aromatic heterocycles. The first-order valence-electron chi connectivity index (χ1n) is 28.5. The zero-order valence-corrected chi connectivity index (χ0v) is 46.6. The Morgan fingerprint density at radius 2 is 0.651 bits per heavy atom. The van der Waals surface area contributed by atoms with Gasteiger partial charge in [0, 0.05) is 0 Å². The van der Waals surface area contributed by atoms with Gasteiger partial charge in [0.05, 0.1) is 71.3 Å². The van der Waals surface area contributed by atoms with Gasteiger partial charge in [-0.25, -0.2) is 0 Å². The molecule has 17 nitrogen and oxygen atoms in total. The molecular formula is C66H76O17. The van der Waals surface area contributed by atoms with Gasteiger partial charge in [-0.3, -0.25) is 0 Å². The van der Waals surface area contributed by atoms with Gasteiger partial charge in [0.1, 0.15) is 79.4 Å². The molecule has 4 aliphatic rings. The fourth-order valence-corrected chi connectivity index (χ4v) is 10.8. The Labute approximate surface area is 485 Å². The fourth-order valence-electron chi connectivity index (χ4n) is 10.8. The number of aliphatic hydroxyl groups excluding tert-OH is 4. The van der Waals surface area contributed by atoms with Crippen molar-refractivity contribution in [1.29, 1.82) is 0 Å². The summed E-state index contributed by atoms with van der Waals surface area (Å²) in [6, 6.07) is 58.5. The van der Waals surface area contributed by atoms with E-state index in [2.05, 4.69) is 0 Å². The second kappa shape index (κ2) is 30.3. The van der Waals surface area contributed by atoms with Crippen molar-refractivity contribution in [2.24, 2.45) is 0 Å². The Balaban J connectivity index is 0.949. The Kier molecular flexibility index (Phi) is 22.1. The van der Waals surface area contributed by atoms with Gasteiger partial charge in [-0.2, -0.15) is 0 Å². The van der Waals surface area contributed by atoms with Crippen molar-refractivity contribution in [2.75, 3.05) is 13.2 Å². The molecule has 10 rings (SSSR count). The summed E-state index contributed by atoms with van der Waals surface area (Å²) in [5.41, 5.74) is 5.50. The highest BCUT2D eigenvalue weighted by Gasteiger charge is 2.55. The second-order valence-electron chi connectivity index (χ2n) is 21.2. The minimum absolute atomic E-state index is 0.109. The summed E-state index contributed by atoms with van der Waals surface area (Å²) in [6.45, 7) is 3.67. The van der Waals surface area contributed by atoms with Crippen LogP contribution in [0, 0.1) is 0 Å². The van der Waals surface area contributed by atoms with E-state index in [0.717, 1.165) is 33.4 Å². The van der Waals surface area contributed by atoms with Crippen LogP contribution in [0.25, 0.3) is 0 Å². The average Bonchev–Trinajstić information content (AvgIpc) is 3.70. The van der Waals surface area contributed by atoms with Gasteiger partial charge in [0.15, 0.2) is 18.9 Å². The van der Waals surface area contributed by atoms with Gasteiger partial charge >= 0.3 is 0 Å². The third-order valence-electron chi connectivity index (χ3n) is 15.3. The Morgan fingerprint density at radius 1 is 0.337 bits per heavy atom. The summed E-state index contributed by atoms with van der Waals surface area (Å²) < 4.78 is 87.3. The molecule has 0 saturated carbocycles. The summed E-state index contributed by atoms with van der Waals surface area (Å²) in [6.07, 6.45) is -16.9. The van der Waals surface area contributed by atoms with E-state index in [1.54, 1.807) is 6.08 Å². The molecule has 0 unspecified atom stereocenters. The SMILES string of the molecule is C[C@@H]1O[C@@H](O[C@H]2[C@H](O[C@H]3[C@H](O[C@@H]4O[C@@H](C)[C@@H](OCc5ccccc5)[C@@H](OCc5ccccc5)[C@@H]4OCc4ccccc4)C=CO[C@@H]3CO)O[C@H](CO)[C@H](O)[C@@H]2O)[C@@H](OCc2ccccc2)[C@H](OCc2ccccc2)[C@@H]1OCc1ccccc1. The van der Waals surface area contributed by atoms with Gasteiger partial charge < -0.3 is 82.0 Å². The van der Waals surface area contributed by atoms with Crippen LogP contribution in [0.3, 0.4) is 0 Å². The quantitative estimate of drug-likeness (QED) is 0.0416. The van der Waals surface area contributed by atoms with Crippen LogP contribution in [0.4, 0.5) is 0 Å². The largest absolute Gasteiger partial charge is 0.493 e. The molecular weight excluding hydrogens is 1060 g/mol. The van der Waals surface area contributed by atoms with Crippen molar-refractivity contribution in [3.05, 3.63) is 228 Å². The van der Waals surface area contributed by atoms with Crippen molar-refractivity contribution >= 4 is 0 Å². The molecule has 6 aromatic rings. The normalized spacial score (nSPS) is 31.7. The molecule has 3 fully saturated rings. The van der Waals surface area contributed by atoms with Crippen LogP contribution in [0.1, 0.15) is 47.2 Å². The molecule has 4 heterocycles. The average molecular weight is 1140 g/mol. The molecule has 0 bridgehead atoms. The van der Waals surface area contributed by atoms with Gasteiger partial charge in [-0.15, -0.1) is 0 Å². The highest BCUT2D eigenvalue weighted by Crippen LogP contribution is 2.38. The van der Waals surface area contributed by atoms with E-state index in [9.17, 15) is 20.4 Å². The lowest BCUT2D eigenvalue weighted by Crippen LogP contribution is -2.66. The maximum absolute atomic E-state index is 12.2. The minimum Gasteiger partial charge on any atom is -0.493 e. The zero-order valence-electron chi connectivity index (χ0n) is 46.6. The predicted octanol–water partition coefficient (Wildman–Crippen LogP) is 7.49. The summed E-state index contributed by atoms with van der Waals surface area (Å²) >= 11 is 0. The van der Waals surface area contributed by atoms with Crippen molar-refractivity contribution in [1.82, 2.24) is 0 Å². The second-order valence-corrected chi connectivity index (χ2v) is 21.2. The zero-order chi connectivity index (χ0) is 57.3. The van der Waals surface area contributed by atoms with Crippen LogP contribution in [0.2, 0.25) is 0 Å². The van der Waals surface area contributed by atoms with Crippen LogP contribution >= 0.6 is 0 Å². The standard InChI is InChI=1S/C66H76O17/c1-43-56(72-37-45-21-9-3-10-22-45)60(74-39-47-25-13-5-14-26-47)62(76-41-49-29-17-7-18-30-49)65(78-43)80-51-33-34-71-53(36-68)58(51)82-64-59(55(70)54(69)52(35-67)81-64)83-66-63(77-42-50-31-19-8-20-32-50)61(75-40-48-27-15-6-16-28-48)57(44(2)79-66)73-38-46-23-11-4-12-24-46/h3-34,43-44,51-70H,35-42H2,1-2H3/t43-,44-,51+,52+,53+,54-,55-,56+,57+,58-,59+,60+,61+,62-,63-,64-,65-,66-/m0/s1. The van der Waals surface area contributed by atoms with E-state index < -0.39 is 124 Å². The topological polar surface area (TPSA) is 201 Å². The van der Waals surface area contributed by atoms with E-state index in [-0.39, 0.29) is 39.6 Å². The number of benzene rings is 6. The van der Waals surface area contributed by atoms with Crippen molar-refractivity contribution in [2.45, 2.75) is 164 Å². The maximum Gasteiger partial charge on any atom is 0.187 e. The van der Waals surface area contributed by atoms with E-state index in [4.69, 9.17) is 61.6 Å². The first-order valence-corrected chi connectivity index (χ1v) is 28.5. The monoisotopic (exact) mass is 1140 g/mol. The van der Waals surface area contributed by atoms with Crippen LogP contribution in [0.5, 0.6) is 0 Å². The van der Waals surface area contributed by atoms with E-state index in [1.807, 2.05) is 196 Å². The third kappa shape index (κ3) is 16.0. The van der Waals surface area contributed by atoms with Crippen molar-refractivity contribution < 1.29 is 82.0 Å². The Hall–Kier alpha value is -5.78. The molecule has 0 aliphatic carbocycles. The first kappa shape index (κ1) is 60.3. The van der Waals surface area contributed by atoms with Gasteiger partial charge in [-0.05, 0) is 53.3 Å². The number of hydrogen-bond donors (Lipinski definition) is 4. The lowest BCUT2D eigenvalue weighted by atomic mass is 9.96. The lowest BCUT2D eigenvalue weighted by Gasteiger charge is -2.49. The van der Waals surface area contributed by atoms with Crippen molar-refractivity contribution in [3.8, 4) is 0 Å². The number of rotatable bonds is 26. The van der Waals surface area contributed by atoms with Crippen molar-refractivity contribution in [3.63, 3.8) is 0 Å². The van der Waals surface area contributed by atoms with Crippen LogP contribution in [-0.4, -0.2) is 144 Å². The molecule has 0 radical (unpaired) electrons. The molecule has 0 spiro atoms. The molecule has 83 heavy (non-hydrogen) atoms. The summed E-state index contributed by atoms with van der Waals surface area (Å²) in [5.74, 6) is 0. The minimum atomic E-state index is -1.74. The molecule has 3 saturated heterocycles. The summed E-state index contributed by atoms with van der Waals surface area (Å²) in [5, 5.41) is 45.4. The predicted molar refractivity (Wildman–Crippen MR) is 302 cm³/mol. The van der Waals surface area contributed by atoms with Gasteiger partial charge in [0.25, 0.3) is 0 Å². The highest BCUT2D eigenvalue weighted by molar-refractivity contribution is 5.19. The smallest absolute Gasteiger partial charge is 0.187 e.